The number of para-hydroxylation sites is 1. The predicted molar refractivity (Wildman–Crippen MR) is 150 cm³/mol. The number of amides is 2. The molecule has 0 spiro atoms. The van der Waals surface area contributed by atoms with E-state index in [-0.39, 0.29) is 18.4 Å². The highest BCUT2D eigenvalue weighted by Gasteiger charge is 2.33. The maximum absolute atomic E-state index is 13.1. The molecule has 1 saturated heterocycles. The number of carbonyl (C=O) groups is 2. The Kier molecular flexibility index (Phi) is 7.98. The zero-order valence-electron chi connectivity index (χ0n) is 19.8. The first-order valence-corrected chi connectivity index (χ1v) is 12.6. The van der Waals surface area contributed by atoms with Gasteiger partial charge in [-0.15, -0.1) is 0 Å². The van der Waals surface area contributed by atoms with Crippen LogP contribution in [0, 0.1) is 13.8 Å². The summed E-state index contributed by atoms with van der Waals surface area (Å²) < 4.78 is 11.6. The zero-order chi connectivity index (χ0) is 25.8. The number of thioether (sulfide) groups is 1. The molecule has 3 aromatic rings. The molecule has 0 radical (unpaired) electrons. The number of hydrogen-bond acceptors (Lipinski definition) is 6. The minimum atomic E-state index is -0.282. The molecule has 4 rings (SSSR count). The average molecular weight is 539 g/mol. The number of methoxy groups -OCH3 is 1. The van der Waals surface area contributed by atoms with Crippen molar-refractivity contribution in [2.45, 2.75) is 13.8 Å². The van der Waals surface area contributed by atoms with E-state index in [1.165, 1.54) is 23.8 Å². The van der Waals surface area contributed by atoms with Crippen LogP contribution in [0.1, 0.15) is 16.7 Å². The van der Waals surface area contributed by atoms with E-state index in [2.05, 4.69) is 5.32 Å². The van der Waals surface area contributed by atoms with Gasteiger partial charge in [0.2, 0.25) is 0 Å². The molecule has 1 heterocycles. The molecule has 2 amide bonds. The van der Waals surface area contributed by atoms with E-state index in [0.29, 0.717) is 31.4 Å². The molecule has 0 saturated carbocycles. The molecule has 36 heavy (non-hydrogen) atoms. The van der Waals surface area contributed by atoms with Gasteiger partial charge >= 0.3 is 0 Å². The van der Waals surface area contributed by atoms with Crippen molar-refractivity contribution in [3.05, 3.63) is 87.3 Å². The molecule has 0 unspecified atom stereocenters. The Labute approximate surface area is 224 Å². The molecule has 9 heteroatoms. The number of anilines is 2. The number of aryl methyl sites for hydroxylation is 2. The van der Waals surface area contributed by atoms with Gasteiger partial charge < -0.3 is 14.8 Å². The van der Waals surface area contributed by atoms with E-state index in [0.717, 1.165) is 22.4 Å². The lowest BCUT2D eigenvalue weighted by Crippen LogP contribution is -2.27. The lowest BCUT2D eigenvalue weighted by atomic mass is 10.1. The smallest absolute Gasteiger partial charge is 0.270 e. The highest BCUT2D eigenvalue weighted by atomic mass is 35.5. The van der Waals surface area contributed by atoms with Gasteiger partial charge in [-0.1, -0.05) is 65.9 Å². The third-order valence-corrected chi connectivity index (χ3v) is 7.18. The molecule has 1 aliphatic rings. The Morgan fingerprint density at radius 2 is 1.86 bits per heavy atom. The maximum atomic E-state index is 13.1. The van der Waals surface area contributed by atoms with Gasteiger partial charge in [0.05, 0.1) is 17.7 Å². The molecule has 3 aromatic carbocycles. The van der Waals surface area contributed by atoms with Gasteiger partial charge in [0.15, 0.2) is 22.4 Å². The number of carbonyl (C=O) groups excluding carboxylic acids is 2. The van der Waals surface area contributed by atoms with Crippen LogP contribution in [0.15, 0.2) is 65.6 Å². The van der Waals surface area contributed by atoms with Gasteiger partial charge in [0.1, 0.15) is 0 Å². The van der Waals surface area contributed by atoms with Gasteiger partial charge in [-0.25, -0.2) is 0 Å². The first kappa shape index (κ1) is 25.8. The third-order valence-electron chi connectivity index (χ3n) is 5.47. The first-order valence-electron chi connectivity index (χ1n) is 11.0. The van der Waals surface area contributed by atoms with Crippen molar-refractivity contribution in [2.24, 2.45) is 0 Å². The minimum Gasteiger partial charge on any atom is -0.493 e. The van der Waals surface area contributed by atoms with Crippen LogP contribution in [0.25, 0.3) is 6.08 Å². The van der Waals surface area contributed by atoms with Crippen LogP contribution < -0.4 is 19.7 Å². The van der Waals surface area contributed by atoms with Crippen molar-refractivity contribution >= 4 is 69.2 Å². The highest BCUT2D eigenvalue weighted by molar-refractivity contribution is 8.27. The summed E-state index contributed by atoms with van der Waals surface area (Å²) in [7, 11) is 1.51. The van der Waals surface area contributed by atoms with E-state index < -0.39 is 0 Å². The van der Waals surface area contributed by atoms with Gasteiger partial charge in [0, 0.05) is 10.7 Å². The first-order chi connectivity index (χ1) is 17.3. The number of halogens is 1. The van der Waals surface area contributed by atoms with Crippen LogP contribution >= 0.6 is 35.6 Å². The van der Waals surface area contributed by atoms with Crippen LogP contribution in [0.3, 0.4) is 0 Å². The number of thiocarbonyl (C=S) groups is 1. The van der Waals surface area contributed by atoms with Crippen molar-refractivity contribution < 1.29 is 19.1 Å². The van der Waals surface area contributed by atoms with E-state index in [1.54, 1.807) is 30.3 Å². The summed E-state index contributed by atoms with van der Waals surface area (Å²) in [5.41, 5.74) is 3.97. The Balaban J connectivity index is 1.47. The van der Waals surface area contributed by atoms with E-state index in [1.807, 2.05) is 50.2 Å². The molecule has 1 N–H and O–H groups in total. The molecule has 184 valence electrons. The van der Waals surface area contributed by atoms with Crippen molar-refractivity contribution in [1.82, 2.24) is 0 Å². The van der Waals surface area contributed by atoms with Crippen LogP contribution in [0.5, 0.6) is 11.5 Å². The quantitative estimate of drug-likeness (QED) is 0.278. The molecular formula is C27H23ClN2O4S2. The number of nitrogens with zero attached hydrogens (tertiary/aromatic N) is 1. The molecule has 6 nitrogen and oxygen atoms in total. The second-order valence-corrected chi connectivity index (χ2v) is 10.1. The molecular weight excluding hydrogens is 516 g/mol. The standard InChI is InChI=1S/C27H23ClN2O4S2/c1-16-8-10-19(14-20(16)28)30-26(32)24(36-27(30)35)13-18-9-11-22(23(12-18)33-3)34-15-25(31)29-21-7-5-4-6-17(21)2/h4-14H,15H2,1-3H3,(H,29,31)/b24-13-. The second kappa shape index (κ2) is 11.2. The van der Waals surface area contributed by atoms with Gasteiger partial charge in [-0.3, -0.25) is 14.5 Å². The fourth-order valence-electron chi connectivity index (χ4n) is 3.50. The van der Waals surface area contributed by atoms with Crippen LogP contribution in [-0.4, -0.2) is 29.9 Å². The van der Waals surface area contributed by atoms with Gasteiger partial charge in [0.25, 0.3) is 11.8 Å². The lowest BCUT2D eigenvalue weighted by molar-refractivity contribution is -0.118. The van der Waals surface area contributed by atoms with Gasteiger partial charge in [-0.2, -0.15) is 0 Å². The fourth-order valence-corrected chi connectivity index (χ4v) is 4.97. The van der Waals surface area contributed by atoms with Crippen molar-refractivity contribution in [3.8, 4) is 11.5 Å². The summed E-state index contributed by atoms with van der Waals surface area (Å²) in [6.45, 7) is 3.64. The Morgan fingerprint density at radius 1 is 1.08 bits per heavy atom. The van der Waals surface area contributed by atoms with Crippen molar-refractivity contribution in [2.75, 3.05) is 23.9 Å². The van der Waals surface area contributed by atoms with Crippen molar-refractivity contribution in [1.29, 1.82) is 0 Å². The summed E-state index contributed by atoms with van der Waals surface area (Å²) in [6.07, 6.45) is 1.74. The second-order valence-electron chi connectivity index (χ2n) is 8.01. The van der Waals surface area contributed by atoms with E-state index in [9.17, 15) is 9.59 Å². The van der Waals surface area contributed by atoms with E-state index >= 15 is 0 Å². The monoisotopic (exact) mass is 538 g/mol. The highest BCUT2D eigenvalue weighted by Crippen LogP contribution is 2.38. The molecule has 1 aliphatic heterocycles. The number of hydrogen-bond donors (Lipinski definition) is 1. The summed E-state index contributed by atoms with van der Waals surface area (Å²) >= 11 is 12.9. The minimum absolute atomic E-state index is 0.179. The topological polar surface area (TPSA) is 67.9 Å². The van der Waals surface area contributed by atoms with E-state index in [4.69, 9.17) is 33.3 Å². The van der Waals surface area contributed by atoms with Gasteiger partial charge in [-0.05, 0) is 66.9 Å². The Hall–Kier alpha value is -3.33. The lowest BCUT2D eigenvalue weighted by Gasteiger charge is -2.15. The summed E-state index contributed by atoms with van der Waals surface area (Å²) in [4.78, 5) is 27.4. The maximum Gasteiger partial charge on any atom is 0.270 e. The molecule has 1 fully saturated rings. The third kappa shape index (κ3) is 5.73. The SMILES string of the molecule is COc1cc(/C=C2\SC(=S)N(c3ccc(C)c(Cl)c3)C2=O)ccc1OCC(=O)Nc1ccccc1C. The number of benzene rings is 3. The van der Waals surface area contributed by atoms with Crippen LogP contribution in [0.2, 0.25) is 5.02 Å². The normalized spacial score (nSPS) is 14.3. The van der Waals surface area contributed by atoms with Crippen LogP contribution in [-0.2, 0) is 9.59 Å². The molecule has 0 atom stereocenters. The molecule has 0 aromatic heterocycles. The Morgan fingerprint density at radius 3 is 2.58 bits per heavy atom. The summed E-state index contributed by atoms with van der Waals surface area (Å²) in [6, 6.07) is 18.1. The predicted octanol–water partition coefficient (Wildman–Crippen LogP) is 6.39. The number of rotatable bonds is 7. The average Bonchev–Trinajstić information content (AvgIpc) is 3.13. The Bertz CT molecular complexity index is 1390. The van der Waals surface area contributed by atoms with Crippen LogP contribution in [0.4, 0.5) is 11.4 Å². The zero-order valence-corrected chi connectivity index (χ0v) is 22.2. The summed E-state index contributed by atoms with van der Waals surface area (Å²) in [5, 5.41) is 3.40. The van der Waals surface area contributed by atoms with Crippen molar-refractivity contribution in [3.63, 3.8) is 0 Å². The number of ether oxygens (including phenoxy) is 2. The fraction of sp³-hybridized carbons (Fsp3) is 0.148. The molecule has 0 bridgehead atoms. The number of nitrogens with one attached hydrogen (secondary N) is 1. The largest absolute Gasteiger partial charge is 0.493 e. The molecule has 0 aliphatic carbocycles. The summed E-state index contributed by atoms with van der Waals surface area (Å²) in [5.74, 6) is 0.345.